The average molecular weight is 681 g/mol. The molecule has 0 N–H and O–H groups in total. The van der Waals surface area contributed by atoms with Crippen molar-refractivity contribution in [2.45, 2.75) is 0 Å². The van der Waals surface area contributed by atoms with Crippen molar-refractivity contribution < 1.29 is 45.5 Å². The van der Waals surface area contributed by atoms with E-state index in [1.165, 1.54) is 0 Å². The van der Waals surface area contributed by atoms with Crippen molar-refractivity contribution in [2.75, 3.05) is 0 Å². The molecule has 0 aliphatic heterocycles. The number of para-hydroxylation sites is 3. The highest BCUT2D eigenvalue weighted by molar-refractivity contribution is 6.13. The summed E-state index contributed by atoms with van der Waals surface area (Å²) in [7, 11) is 0. The topological polar surface area (TPSA) is 23.0 Å². The average Bonchev–Trinajstić information content (AvgIpc) is 4.22. The van der Waals surface area contributed by atoms with Gasteiger partial charge in [0.25, 0.3) is 0 Å². The number of nitrogens with zero attached hydrogens (tertiary/aromatic N) is 2. The van der Waals surface area contributed by atoms with Crippen molar-refractivity contribution in [3.05, 3.63) is 181 Å². The van der Waals surface area contributed by atoms with Gasteiger partial charge in [-0.1, -0.05) is 103 Å². The van der Waals surface area contributed by atoms with E-state index in [9.17, 15) is 17.8 Å². The van der Waals surface area contributed by atoms with Gasteiger partial charge in [0, 0.05) is 43.7 Å². The molecule has 0 atom stereocenters. The van der Waals surface area contributed by atoms with Crippen LogP contribution in [0.3, 0.4) is 0 Å². The molecule has 0 aliphatic carbocycles. The number of aromatic nitrogens is 2. The van der Waals surface area contributed by atoms with Gasteiger partial charge in [-0.05, 0) is 101 Å². The number of hydrogen-bond acceptors (Lipinski definition) is 1. The first kappa shape index (κ1) is 11.6. The van der Waals surface area contributed by atoms with E-state index in [0.29, 0.717) is 0 Å². The molecule has 0 unspecified atom stereocenters. The van der Waals surface area contributed by atoms with Gasteiger partial charge in [-0.2, -0.15) is 0 Å². The van der Waals surface area contributed by atoms with Crippen molar-refractivity contribution in [2.24, 2.45) is 0 Å². The van der Waals surface area contributed by atoms with Crippen molar-refractivity contribution in [1.29, 1.82) is 0 Å². The largest absolute Gasteiger partial charge is 0.456 e. The Kier molecular flexibility index (Phi) is 2.47. The van der Waals surface area contributed by atoms with Crippen LogP contribution in [-0.4, -0.2) is 9.13 Å². The second-order valence-electron chi connectivity index (χ2n) is 11.0. The molecule has 3 aromatic heterocycles. The maximum Gasteiger partial charge on any atom is 0.136 e. The Morgan fingerprint density at radius 2 is 0.843 bits per heavy atom. The molecule has 0 fully saturated rings. The van der Waals surface area contributed by atoms with Crippen LogP contribution in [0.15, 0.2) is 186 Å². The summed E-state index contributed by atoms with van der Waals surface area (Å²) in [5.74, 6) is 0. The summed E-state index contributed by atoms with van der Waals surface area (Å²) in [6, 6.07) is -27.1. The normalized spacial score (nSPS) is 20.2. The van der Waals surface area contributed by atoms with Crippen LogP contribution in [0.5, 0.6) is 0 Å². The molecule has 3 heterocycles. The molecule has 11 aromatic rings. The van der Waals surface area contributed by atoms with Gasteiger partial charge in [0.15, 0.2) is 0 Å². The second-order valence-corrected chi connectivity index (χ2v) is 11.0. The first-order valence-electron chi connectivity index (χ1n) is 30.0. The molecule has 238 valence electrons. The van der Waals surface area contributed by atoms with Crippen molar-refractivity contribution >= 4 is 65.6 Å². The third-order valence-corrected chi connectivity index (χ3v) is 8.25. The third kappa shape index (κ3) is 4.25. The standard InChI is InChI=1S/C48H30N2O/c1-3-11-31(12-4-1)34-19-23-39-42-30-36(22-26-47(42)51-48(39)29-34)50-44-18-10-8-16-38(44)41-28-33(21-25-46(41)50)32-20-24-45-40(27-32)37-15-7-9-17-43(37)49(45)35-13-5-2-6-14-35/h1-30H/i1D,2D,3D,4D,5D,6D,7D,8D,9D,10D,11D,12D,13D,14D,15D,16D,17D,18D,19D,20D,21D,22D,23D,24D,25D,26D,27D,28D,29D,30D. The first-order chi connectivity index (χ1) is 37.8. The highest BCUT2D eigenvalue weighted by Crippen LogP contribution is 2.40. The Morgan fingerprint density at radius 3 is 1.51 bits per heavy atom. The van der Waals surface area contributed by atoms with Gasteiger partial charge in [0.2, 0.25) is 0 Å². The first-order valence-corrected chi connectivity index (χ1v) is 15.0. The fourth-order valence-corrected chi connectivity index (χ4v) is 6.07. The predicted octanol–water partition coefficient (Wildman–Crippen LogP) is 13.1. The SMILES string of the molecule is [2H]c1c([2H])c([2H])c(-c2c([2H])c([2H])c3c(oc4c([2H])c([2H])c(-n5c6c([2H])c([2H])c([2H])c([2H])c6c6c([2H])c(-c7c([2H])c([2H])c8c(c7[2H])c7c([2H])c([2H])c([2H])c([2H])c7n8-c7c([2H])c([2H])c([2H])c([2H])c7[2H])c([2H])c([2H])c65)c([2H])c43)c2[2H])c([2H])c1[2H]. The van der Waals surface area contributed by atoms with E-state index >= 15 is 0 Å². The molecule has 3 nitrogen and oxygen atoms in total. The minimum atomic E-state index is -1.06. The van der Waals surface area contributed by atoms with Gasteiger partial charge in [0.05, 0.1) is 63.2 Å². The molecule has 3 heteroatoms. The molecule has 0 amide bonds. The number of furan rings is 1. The van der Waals surface area contributed by atoms with E-state index in [-0.39, 0.29) is 0 Å². The maximum atomic E-state index is 9.89. The molecule has 0 radical (unpaired) electrons. The summed E-state index contributed by atoms with van der Waals surface area (Å²) < 4.78 is 276. The maximum absolute atomic E-state index is 9.89. The molecule has 0 saturated carbocycles. The summed E-state index contributed by atoms with van der Waals surface area (Å²) in [4.78, 5) is 0. The predicted molar refractivity (Wildman–Crippen MR) is 213 cm³/mol. The van der Waals surface area contributed by atoms with E-state index in [4.69, 9.17) is 27.7 Å². The van der Waals surface area contributed by atoms with E-state index in [0.717, 1.165) is 9.13 Å². The fourth-order valence-electron chi connectivity index (χ4n) is 6.07. The second kappa shape index (κ2) is 10.8. The van der Waals surface area contributed by atoms with E-state index in [1.807, 2.05) is 0 Å². The summed E-state index contributed by atoms with van der Waals surface area (Å²) >= 11 is 0. The summed E-state index contributed by atoms with van der Waals surface area (Å²) in [6.07, 6.45) is 0. The van der Waals surface area contributed by atoms with Crippen LogP contribution < -0.4 is 0 Å². The lowest BCUT2D eigenvalue weighted by Crippen LogP contribution is -1.93. The zero-order chi connectivity index (χ0) is 59.6. The lowest BCUT2D eigenvalue weighted by Gasteiger charge is -2.09. The van der Waals surface area contributed by atoms with E-state index < -0.39 is 280 Å². The van der Waals surface area contributed by atoms with Crippen LogP contribution in [-0.2, 0) is 0 Å². The Morgan fingerprint density at radius 1 is 0.314 bits per heavy atom. The Bertz CT molecular complexity index is 4820. The van der Waals surface area contributed by atoms with E-state index in [1.54, 1.807) is 0 Å². The van der Waals surface area contributed by atoms with Crippen molar-refractivity contribution in [3.63, 3.8) is 0 Å². The van der Waals surface area contributed by atoms with Gasteiger partial charge in [-0.15, -0.1) is 0 Å². The zero-order valence-electron chi connectivity index (χ0n) is 55.3. The lowest BCUT2D eigenvalue weighted by atomic mass is 10.0. The quantitative estimate of drug-likeness (QED) is 0.181. The molecule has 0 aliphatic rings. The highest BCUT2D eigenvalue weighted by Gasteiger charge is 2.17. The van der Waals surface area contributed by atoms with Crippen molar-refractivity contribution in [1.82, 2.24) is 9.13 Å². The van der Waals surface area contributed by atoms with Crippen LogP contribution in [0.25, 0.3) is 99.2 Å². The van der Waals surface area contributed by atoms with Crippen LogP contribution >= 0.6 is 0 Å². The minimum absolute atomic E-state index is 0.528. The fraction of sp³-hybridized carbons (Fsp3) is 0. The number of benzene rings is 8. The number of hydrogen-bond donors (Lipinski definition) is 0. The van der Waals surface area contributed by atoms with Gasteiger partial charge in [-0.25, -0.2) is 0 Å². The molecule has 11 rings (SSSR count). The summed E-state index contributed by atoms with van der Waals surface area (Å²) in [6.45, 7) is 0. The number of fused-ring (bicyclic) bond motifs is 9. The van der Waals surface area contributed by atoms with Crippen molar-refractivity contribution in [3.8, 4) is 33.6 Å². The van der Waals surface area contributed by atoms with Gasteiger partial charge < -0.3 is 13.6 Å². The molecule has 0 spiro atoms. The van der Waals surface area contributed by atoms with E-state index in [2.05, 4.69) is 0 Å². The Labute approximate surface area is 336 Å². The zero-order valence-corrected chi connectivity index (χ0v) is 25.3. The van der Waals surface area contributed by atoms with Crippen LogP contribution in [0.1, 0.15) is 41.1 Å². The highest BCUT2D eigenvalue weighted by atomic mass is 16.3. The van der Waals surface area contributed by atoms with Crippen LogP contribution in [0.4, 0.5) is 0 Å². The molecular formula is C48H30N2O. The molecule has 0 saturated heterocycles. The summed E-state index contributed by atoms with van der Waals surface area (Å²) in [5.41, 5.74) is -8.36. The Hall–Kier alpha value is -6.84. The molecule has 51 heavy (non-hydrogen) atoms. The number of rotatable bonds is 4. The monoisotopic (exact) mass is 680 g/mol. The molecule has 0 bridgehead atoms. The minimum Gasteiger partial charge on any atom is -0.456 e. The summed E-state index contributed by atoms with van der Waals surface area (Å²) in [5, 5.41) is -3.49. The van der Waals surface area contributed by atoms with Gasteiger partial charge >= 0.3 is 0 Å². The lowest BCUT2D eigenvalue weighted by molar-refractivity contribution is 0.669. The van der Waals surface area contributed by atoms with Gasteiger partial charge in [-0.3, -0.25) is 0 Å². The smallest absolute Gasteiger partial charge is 0.136 e. The Balaban J connectivity index is 1.30. The third-order valence-electron chi connectivity index (χ3n) is 8.25. The van der Waals surface area contributed by atoms with Crippen LogP contribution in [0, 0.1) is 0 Å². The van der Waals surface area contributed by atoms with Crippen LogP contribution in [0.2, 0.25) is 0 Å². The van der Waals surface area contributed by atoms with Gasteiger partial charge in [0.1, 0.15) is 11.2 Å². The molecule has 8 aromatic carbocycles. The molecular weight excluding hydrogens is 621 g/mol.